The number of hydrogen-bond acceptors (Lipinski definition) is 0. The van der Waals surface area contributed by atoms with Crippen LogP contribution in [0.1, 0.15) is 22.3 Å². The molecule has 0 bridgehead atoms. The lowest BCUT2D eigenvalue weighted by molar-refractivity contribution is 0.0472. The van der Waals surface area contributed by atoms with E-state index < -0.39 is 5.92 Å². The maximum absolute atomic E-state index is 15.3. The van der Waals surface area contributed by atoms with Crippen LogP contribution >= 0.6 is 0 Å². The third-order valence-corrected chi connectivity index (χ3v) is 5.08. The standard InChI is InChI=1S/C22H15F2/c1-12-3-6-15-14(9-12)5-8-17-16-7-4-13(2)10-18(16)19-11-20(19)22(23,24)21(15)17/h3-11H,1-2H3. The predicted octanol–water partition coefficient (Wildman–Crippen LogP) is 6.09. The summed E-state index contributed by atoms with van der Waals surface area (Å²) < 4.78 is 30.6. The number of halogens is 2. The van der Waals surface area contributed by atoms with Gasteiger partial charge in [-0.05, 0) is 41.3 Å². The van der Waals surface area contributed by atoms with E-state index in [2.05, 4.69) is 0 Å². The molecule has 3 aromatic carbocycles. The minimum Gasteiger partial charge on any atom is -0.196 e. The molecular formula is C22H15F2. The van der Waals surface area contributed by atoms with Gasteiger partial charge < -0.3 is 0 Å². The summed E-state index contributed by atoms with van der Waals surface area (Å²) in [5, 5.41) is 1.51. The lowest BCUT2D eigenvalue weighted by Gasteiger charge is -2.20. The summed E-state index contributed by atoms with van der Waals surface area (Å²) in [7, 11) is 0. The summed E-state index contributed by atoms with van der Waals surface area (Å²) in [6, 6.07) is 15.5. The van der Waals surface area contributed by atoms with Crippen molar-refractivity contribution in [1.29, 1.82) is 0 Å². The lowest BCUT2D eigenvalue weighted by Crippen LogP contribution is -2.14. The fourth-order valence-electron chi connectivity index (χ4n) is 3.85. The number of benzene rings is 3. The maximum Gasteiger partial charge on any atom is 0.297 e. The average Bonchev–Trinajstić information content (AvgIpc) is 3.34. The van der Waals surface area contributed by atoms with Gasteiger partial charge in [0.25, 0.3) is 5.92 Å². The first-order chi connectivity index (χ1) is 11.5. The number of allylic oxidation sites excluding steroid dienone is 2. The van der Waals surface area contributed by atoms with Gasteiger partial charge in [0.1, 0.15) is 0 Å². The molecule has 0 unspecified atom stereocenters. The predicted molar refractivity (Wildman–Crippen MR) is 93.2 cm³/mol. The Morgan fingerprint density at radius 2 is 1.46 bits per heavy atom. The lowest BCUT2D eigenvalue weighted by atomic mass is 9.89. The Morgan fingerprint density at radius 1 is 0.750 bits per heavy atom. The van der Waals surface area contributed by atoms with Crippen LogP contribution in [0.15, 0.2) is 60.2 Å². The van der Waals surface area contributed by atoms with Crippen molar-refractivity contribution in [3.05, 3.63) is 88.4 Å². The zero-order valence-corrected chi connectivity index (χ0v) is 13.5. The van der Waals surface area contributed by atoms with Crippen molar-refractivity contribution in [2.45, 2.75) is 19.8 Å². The number of alkyl halides is 2. The smallest absolute Gasteiger partial charge is 0.196 e. The minimum atomic E-state index is -2.95. The SMILES string of the molecule is Cc1ccc2c(c1)[C]1C=C1C(F)(F)c1c-2ccc2cc(C)ccc12. The number of rotatable bonds is 0. The van der Waals surface area contributed by atoms with Crippen molar-refractivity contribution in [3.8, 4) is 11.1 Å². The molecule has 24 heavy (non-hydrogen) atoms. The van der Waals surface area contributed by atoms with Crippen LogP contribution in [0.25, 0.3) is 21.9 Å². The largest absolute Gasteiger partial charge is 0.297 e. The van der Waals surface area contributed by atoms with E-state index in [1.165, 1.54) is 0 Å². The van der Waals surface area contributed by atoms with Crippen LogP contribution in [0.5, 0.6) is 0 Å². The molecular weight excluding hydrogens is 302 g/mol. The van der Waals surface area contributed by atoms with Gasteiger partial charge in [-0.1, -0.05) is 65.7 Å². The number of hydrogen-bond donors (Lipinski definition) is 0. The van der Waals surface area contributed by atoms with Crippen LogP contribution in [-0.4, -0.2) is 0 Å². The molecule has 117 valence electrons. The van der Waals surface area contributed by atoms with Crippen LogP contribution < -0.4 is 0 Å². The summed E-state index contributed by atoms with van der Waals surface area (Å²) >= 11 is 0. The van der Waals surface area contributed by atoms with Crippen LogP contribution in [0, 0.1) is 19.8 Å². The Labute approximate surface area is 139 Å². The van der Waals surface area contributed by atoms with Gasteiger partial charge in [0.2, 0.25) is 0 Å². The molecule has 2 heteroatoms. The number of aryl methyl sites for hydroxylation is 2. The molecule has 0 heterocycles. The van der Waals surface area contributed by atoms with Crippen LogP contribution in [0.3, 0.4) is 0 Å². The summed E-state index contributed by atoms with van der Waals surface area (Å²) in [5.74, 6) is -2.25. The molecule has 0 N–H and O–H groups in total. The topological polar surface area (TPSA) is 0 Å². The highest BCUT2D eigenvalue weighted by Crippen LogP contribution is 2.59. The zero-order valence-electron chi connectivity index (χ0n) is 13.5. The van der Waals surface area contributed by atoms with E-state index >= 15 is 8.78 Å². The van der Waals surface area contributed by atoms with Crippen molar-refractivity contribution in [3.63, 3.8) is 0 Å². The molecule has 3 aromatic rings. The fraction of sp³-hybridized carbons (Fsp3) is 0.136. The van der Waals surface area contributed by atoms with Gasteiger partial charge in [0, 0.05) is 11.1 Å². The van der Waals surface area contributed by atoms with E-state index in [1.807, 2.05) is 62.4 Å². The Bertz CT molecular complexity index is 1060. The molecule has 2 aliphatic carbocycles. The van der Waals surface area contributed by atoms with E-state index in [0.717, 1.165) is 27.6 Å². The quantitative estimate of drug-likeness (QED) is 0.470. The Hall–Kier alpha value is -2.48. The molecule has 0 nitrogen and oxygen atoms in total. The second kappa shape index (κ2) is 4.32. The van der Waals surface area contributed by atoms with Gasteiger partial charge in [-0.3, -0.25) is 0 Å². The monoisotopic (exact) mass is 317 g/mol. The third kappa shape index (κ3) is 1.71. The third-order valence-electron chi connectivity index (χ3n) is 5.08. The van der Waals surface area contributed by atoms with Crippen molar-refractivity contribution >= 4 is 10.8 Å². The van der Waals surface area contributed by atoms with Crippen molar-refractivity contribution < 1.29 is 8.78 Å². The van der Waals surface area contributed by atoms with E-state index in [9.17, 15) is 0 Å². The highest BCUT2D eigenvalue weighted by molar-refractivity contribution is 5.97. The summed E-state index contributed by atoms with van der Waals surface area (Å²) in [6.45, 7) is 3.98. The second-order valence-electron chi connectivity index (χ2n) is 6.81. The first kappa shape index (κ1) is 13.9. The number of fused-ring (bicyclic) bond motifs is 7. The second-order valence-corrected chi connectivity index (χ2v) is 6.81. The van der Waals surface area contributed by atoms with Crippen molar-refractivity contribution in [2.75, 3.05) is 0 Å². The van der Waals surface area contributed by atoms with E-state index in [0.29, 0.717) is 16.9 Å². The van der Waals surface area contributed by atoms with Crippen LogP contribution in [0.4, 0.5) is 8.78 Å². The van der Waals surface area contributed by atoms with Crippen molar-refractivity contribution in [1.82, 2.24) is 0 Å². The molecule has 2 aliphatic rings. The summed E-state index contributed by atoms with van der Waals surface area (Å²) in [6.07, 6.45) is 1.63. The fourth-order valence-corrected chi connectivity index (χ4v) is 3.85. The van der Waals surface area contributed by atoms with Gasteiger partial charge in [-0.15, -0.1) is 0 Å². The van der Waals surface area contributed by atoms with Crippen molar-refractivity contribution in [2.24, 2.45) is 0 Å². The highest BCUT2D eigenvalue weighted by atomic mass is 19.3. The summed E-state index contributed by atoms with van der Waals surface area (Å²) in [4.78, 5) is 0. The van der Waals surface area contributed by atoms with Crippen LogP contribution in [-0.2, 0) is 5.92 Å². The van der Waals surface area contributed by atoms with Gasteiger partial charge in [0.05, 0.1) is 5.92 Å². The summed E-state index contributed by atoms with van der Waals surface area (Å²) in [5.41, 5.74) is 4.95. The van der Waals surface area contributed by atoms with Gasteiger partial charge in [0.15, 0.2) is 0 Å². The Balaban J connectivity index is 1.94. The normalized spacial score (nSPS) is 17.6. The Morgan fingerprint density at radius 3 is 2.29 bits per heavy atom. The molecule has 0 amide bonds. The Kier molecular flexibility index (Phi) is 2.51. The maximum atomic E-state index is 15.3. The molecule has 1 radical (unpaired) electrons. The van der Waals surface area contributed by atoms with E-state index in [1.54, 1.807) is 6.08 Å². The minimum absolute atomic E-state index is 0.142. The van der Waals surface area contributed by atoms with Gasteiger partial charge in [-0.2, -0.15) is 8.78 Å². The zero-order chi connectivity index (χ0) is 16.6. The molecule has 5 rings (SSSR count). The molecule has 0 saturated heterocycles. The van der Waals surface area contributed by atoms with E-state index in [4.69, 9.17) is 0 Å². The van der Waals surface area contributed by atoms with Crippen LogP contribution in [0.2, 0.25) is 0 Å². The van der Waals surface area contributed by atoms with Gasteiger partial charge in [-0.25, -0.2) is 0 Å². The first-order valence-electron chi connectivity index (χ1n) is 8.09. The highest BCUT2D eigenvalue weighted by Gasteiger charge is 2.52. The average molecular weight is 317 g/mol. The molecule has 0 fully saturated rings. The molecule has 0 spiro atoms. The molecule has 0 saturated carbocycles. The van der Waals surface area contributed by atoms with E-state index in [-0.39, 0.29) is 11.1 Å². The molecule has 0 aliphatic heterocycles. The molecule has 0 atom stereocenters. The van der Waals surface area contributed by atoms with Gasteiger partial charge >= 0.3 is 0 Å². The molecule has 0 aromatic heterocycles. The first-order valence-corrected chi connectivity index (χ1v) is 8.09.